The van der Waals surface area contributed by atoms with Crippen LogP contribution in [0.1, 0.15) is 46.3 Å². The number of ether oxygens (including phenoxy) is 1. The predicted octanol–water partition coefficient (Wildman–Crippen LogP) is 3.63. The van der Waals surface area contributed by atoms with E-state index in [9.17, 15) is 18.4 Å². The number of hydrogen-bond acceptors (Lipinski definition) is 5. The third-order valence-corrected chi connectivity index (χ3v) is 6.53. The van der Waals surface area contributed by atoms with Crippen LogP contribution in [0.5, 0.6) is 0 Å². The minimum atomic E-state index is -0.758. The molecule has 5 rings (SSSR count). The topological polar surface area (TPSA) is 89.4 Å². The Hall–Kier alpha value is -3.66. The van der Waals surface area contributed by atoms with Crippen LogP contribution in [0, 0.1) is 24.5 Å². The monoisotopic (exact) mass is 481 g/mol. The number of piperidine rings is 1. The first-order chi connectivity index (χ1) is 16.9. The molecule has 0 saturated carbocycles. The third kappa shape index (κ3) is 4.93. The number of carbonyl (C=O) groups excluding carboxylic acids is 2. The van der Waals surface area contributed by atoms with Gasteiger partial charge in [-0.2, -0.15) is 0 Å². The first-order valence-corrected chi connectivity index (χ1v) is 11.5. The number of likely N-dealkylation sites (tertiary alicyclic amines) is 1. The van der Waals surface area contributed by atoms with Crippen molar-refractivity contribution in [1.29, 1.82) is 0 Å². The Labute approximate surface area is 200 Å². The highest BCUT2D eigenvalue weighted by Crippen LogP contribution is 2.28. The van der Waals surface area contributed by atoms with Gasteiger partial charge in [-0.25, -0.2) is 13.5 Å². The third-order valence-electron chi connectivity index (χ3n) is 6.53. The first-order valence-electron chi connectivity index (χ1n) is 11.5. The summed E-state index contributed by atoms with van der Waals surface area (Å²) < 4.78 is 34.5. The Morgan fingerprint density at radius 1 is 1.06 bits per heavy atom. The summed E-state index contributed by atoms with van der Waals surface area (Å²) in [5.41, 5.74) is 3.21. The molecule has 35 heavy (non-hydrogen) atoms. The van der Waals surface area contributed by atoms with Crippen LogP contribution in [0.3, 0.4) is 0 Å². The Bertz CT molecular complexity index is 1230. The quantitative estimate of drug-likeness (QED) is 0.615. The molecule has 1 atom stereocenters. The van der Waals surface area contributed by atoms with Gasteiger partial charge < -0.3 is 15.0 Å². The summed E-state index contributed by atoms with van der Waals surface area (Å²) in [5, 5.41) is 10.9. The highest BCUT2D eigenvalue weighted by Gasteiger charge is 2.33. The molecule has 1 saturated heterocycles. The minimum Gasteiger partial charge on any atom is -0.365 e. The van der Waals surface area contributed by atoms with Gasteiger partial charge in [-0.05, 0) is 37.5 Å². The maximum Gasteiger partial charge on any atom is 0.276 e. The summed E-state index contributed by atoms with van der Waals surface area (Å²) in [6.45, 7) is 3.47. The summed E-state index contributed by atoms with van der Waals surface area (Å²) in [7, 11) is 0. The summed E-state index contributed by atoms with van der Waals surface area (Å²) in [6.07, 6.45) is 0.712. The zero-order valence-electron chi connectivity index (χ0n) is 19.2. The molecule has 1 aromatic heterocycles. The van der Waals surface area contributed by atoms with Crippen molar-refractivity contribution in [2.75, 3.05) is 18.4 Å². The van der Waals surface area contributed by atoms with Gasteiger partial charge in [0.2, 0.25) is 5.91 Å². The van der Waals surface area contributed by atoms with Crippen molar-refractivity contribution in [2.45, 2.75) is 39.0 Å². The molecule has 3 heterocycles. The lowest BCUT2D eigenvalue weighted by Gasteiger charge is -2.31. The van der Waals surface area contributed by atoms with E-state index in [1.165, 1.54) is 5.56 Å². The van der Waals surface area contributed by atoms with Crippen LogP contribution in [0.2, 0.25) is 0 Å². The van der Waals surface area contributed by atoms with Crippen LogP contribution in [0.15, 0.2) is 42.5 Å². The second kappa shape index (κ2) is 9.53. The fraction of sp³-hybridized carbons (Fsp3) is 0.360. The van der Waals surface area contributed by atoms with Crippen molar-refractivity contribution in [3.63, 3.8) is 0 Å². The SMILES string of the molecule is Cc1ccc([C@H]2Cn3nnc(C(=O)N4CCC(C(=O)Nc5cc(F)cc(F)c5)CC4)c3CO2)cc1. The highest BCUT2D eigenvalue weighted by molar-refractivity contribution is 5.94. The normalized spacial score (nSPS) is 18.3. The molecular weight excluding hydrogens is 456 g/mol. The Morgan fingerprint density at radius 2 is 1.74 bits per heavy atom. The van der Waals surface area contributed by atoms with Crippen LogP contribution in [0.4, 0.5) is 14.5 Å². The number of halogens is 2. The maximum atomic E-state index is 13.4. The first kappa shape index (κ1) is 23.1. The standard InChI is InChI=1S/C25H25F2N5O3/c1-15-2-4-16(5-3-15)22-13-32-21(14-35-22)23(29-30-32)25(34)31-8-6-17(7-9-31)24(33)28-20-11-18(26)10-19(27)12-20/h2-5,10-12,17,22H,6-9,13-14H2,1H3,(H,28,33)/t22-/m1/s1. The second-order valence-corrected chi connectivity index (χ2v) is 8.99. The lowest BCUT2D eigenvalue weighted by Crippen LogP contribution is -2.42. The number of aromatic nitrogens is 3. The number of rotatable bonds is 4. The van der Waals surface area contributed by atoms with Gasteiger partial charge in [-0.3, -0.25) is 9.59 Å². The van der Waals surface area contributed by atoms with Crippen molar-refractivity contribution < 1.29 is 23.1 Å². The zero-order chi connectivity index (χ0) is 24.5. The van der Waals surface area contributed by atoms with E-state index >= 15 is 0 Å². The van der Waals surface area contributed by atoms with Crippen molar-refractivity contribution in [2.24, 2.45) is 5.92 Å². The van der Waals surface area contributed by atoms with Crippen molar-refractivity contribution in [3.8, 4) is 0 Å². The van der Waals surface area contributed by atoms with Crippen molar-refractivity contribution >= 4 is 17.5 Å². The van der Waals surface area contributed by atoms with Crippen LogP contribution in [0.25, 0.3) is 0 Å². The Balaban J connectivity index is 1.19. The summed E-state index contributed by atoms with van der Waals surface area (Å²) in [4.78, 5) is 27.3. The van der Waals surface area contributed by atoms with Gasteiger partial charge >= 0.3 is 0 Å². The average molecular weight is 482 g/mol. The van der Waals surface area contributed by atoms with E-state index in [1.54, 1.807) is 9.58 Å². The number of anilines is 1. The molecule has 2 aliphatic rings. The molecule has 8 nitrogen and oxygen atoms in total. The number of benzene rings is 2. The molecule has 0 unspecified atom stereocenters. The van der Waals surface area contributed by atoms with E-state index in [1.807, 2.05) is 31.2 Å². The molecule has 182 valence electrons. The van der Waals surface area contributed by atoms with Gasteiger partial charge in [0, 0.05) is 30.8 Å². The smallest absolute Gasteiger partial charge is 0.276 e. The van der Waals surface area contributed by atoms with Crippen molar-refractivity contribution in [3.05, 3.63) is 76.6 Å². The van der Waals surface area contributed by atoms with Gasteiger partial charge in [0.05, 0.1) is 18.8 Å². The fourth-order valence-electron chi connectivity index (χ4n) is 4.53. The van der Waals surface area contributed by atoms with E-state index < -0.39 is 11.6 Å². The predicted molar refractivity (Wildman–Crippen MR) is 122 cm³/mol. The fourth-order valence-corrected chi connectivity index (χ4v) is 4.53. The Kier molecular flexibility index (Phi) is 6.29. The highest BCUT2D eigenvalue weighted by atomic mass is 19.1. The van der Waals surface area contributed by atoms with Gasteiger partial charge in [0.25, 0.3) is 5.91 Å². The number of carbonyl (C=O) groups is 2. The molecule has 2 amide bonds. The molecular formula is C25H25F2N5O3. The molecule has 0 spiro atoms. The number of nitrogens with zero attached hydrogens (tertiary/aromatic N) is 4. The van der Waals surface area contributed by atoms with E-state index in [4.69, 9.17) is 4.74 Å². The molecule has 1 N–H and O–H groups in total. The number of nitrogens with one attached hydrogen (secondary N) is 1. The van der Waals surface area contributed by atoms with Gasteiger partial charge in [0.1, 0.15) is 17.7 Å². The van der Waals surface area contributed by atoms with Crippen LogP contribution >= 0.6 is 0 Å². The molecule has 0 bridgehead atoms. The van der Waals surface area contributed by atoms with Gasteiger partial charge in [-0.1, -0.05) is 35.0 Å². The molecule has 0 radical (unpaired) electrons. The van der Waals surface area contributed by atoms with Gasteiger partial charge in [0.15, 0.2) is 5.69 Å². The van der Waals surface area contributed by atoms with Crippen LogP contribution in [-0.2, 0) is 22.7 Å². The molecule has 10 heteroatoms. The minimum absolute atomic E-state index is 0.0747. The summed E-state index contributed by atoms with van der Waals surface area (Å²) in [6, 6.07) is 11.0. The average Bonchev–Trinajstić information content (AvgIpc) is 3.27. The summed E-state index contributed by atoms with van der Waals surface area (Å²) >= 11 is 0. The van der Waals surface area contributed by atoms with E-state index in [0.717, 1.165) is 23.8 Å². The number of aryl methyl sites for hydroxylation is 1. The molecule has 2 aliphatic heterocycles. The number of fused-ring (bicyclic) bond motifs is 1. The Morgan fingerprint density at radius 3 is 2.43 bits per heavy atom. The largest absolute Gasteiger partial charge is 0.365 e. The van der Waals surface area contributed by atoms with Crippen LogP contribution < -0.4 is 5.32 Å². The number of hydrogen-bond donors (Lipinski definition) is 1. The second-order valence-electron chi connectivity index (χ2n) is 8.99. The molecule has 3 aromatic rings. The molecule has 0 aliphatic carbocycles. The zero-order valence-corrected chi connectivity index (χ0v) is 19.2. The van der Waals surface area contributed by atoms with Crippen molar-refractivity contribution in [1.82, 2.24) is 19.9 Å². The van der Waals surface area contributed by atoms with E-state index in [2.05, 4.69) is 15.6 Å². The lowest BCUT2D eigenvalue weighted by molar-refractivity contribution is -0.121. The van der Waals surface area contributed by atoms with E-state index in [0.29, 0.717) is 38.2 Å². The molecule has 2 aromatic carbocycles. The van der Waals surface area contributed by atoms with Crippen LogP contribution in [-0.4, -0.2) is 44.8 Å². The summed E-state index contributed by atoms with van der Waals surface area (Å²) in [5.74, 6) is -2.44. The number of amides is 2. The molecule has 1 fully saturated rings. The van der Waals surface area contributed by atoms with Gasteiger partial charge in [-0.15, -0.1) is 5.10 Å². The van der Waals surface area contributed by atoms with E-state index in [-0.39, 0.29) is 41.8 Å². The maximum absolute atomic E-state index is 13.4. The lowest BCUT2D eigenvalue weighted by atomic mass is 9.95.